The minimum atomic E-state index is -0.190. The van der Waals surface area contributed by atoms with Crippen molar-refractivity contribution in [2.45, 2.75) is 0 Å². The first kappa shape index (κ1) is 13.0. The quantitative estimate of drug-likeness (QED) is 0.625. The number of rotatable bonds is 2. The second-order valence-electron chi connectivity index (χ2n) is 4.66. The first-order chi connectivity index (χ1) is 10.1. The van der Waals surface area contributed by atoms with Gasteiger partial charge in [0.25, 0.3) is 0 Å². The predicted molar refractivity (Wildman–Crippen MR) is 82.0 cm³/mol. The lowest BCUT2D eigenvalue weighted by molar-refractivity contribution is 0.443. The standard InChI is InChI=1S/C17H13NO3/c19-13-7-8-14(17(21)10-13)16(20)9-12-6-5-11-3-1-2-4-15(11)18-12/h1-10,19-21H. The molecule has 3 rings (SSSR count). The van der Waals surface area contributed by atoms with Crippen LogP contribution in [0.5, 0.6) is 11.5 Å². The molecule has 4 heteroatoms. The summed E-state index contributed by atoms with van der Waals surface area (Å²) in [7, 11) is 0. The van der Waals surface area contributed by atoms with Crippen molar-refractivity contribution in [3.05, 3.63) is 65.9 Å². The fraction of sp³-hybridized carbons (Fsp3) is 0. The van der Waals surface area contributed by atoms with Gasteiger partial charge in [-0.1, -0.05) is 24.3 Å². The fourth-order valence-electron chi connectivity index (χ4n) is 2.12. The van der Waals surface area contributed by atoms with Crippen LogP contribution in [0.25, 0.3) is 22.7 Å². The van der Waals surface area contributed by atoms with Gasteiger partial charge < -0.3 is 15.3 Å². The molecule has 0 aliphatic carbocycles. The molecule has 1 heterocycles. The fourth-order valence-corrected chi connectivity index (χ4v) is 2.12. The minimum absolute atomic E-state index is 0.0621. The van der Waals surface area contributed by atoms with Crippen LogP contribution in [-0.4, -0.2) is 20.3 Å². The molecule has 3 aromatic rings. The van der Waals surface area contributed by atoms with Crippen molar-refractivity contribution < 1.29 is 15.3 Å². The van der Waals surface area contributed by atoms with E-state index in [1.54, 1.807) is 6.07 Å². The summed E-state index contributed by atoms with van der Waals surface area (Å²) >= 11 is 0. The molecule has 104 valence electrons. The third kappa shape index (κ3) is 2.65. The summed E-state index contributed by atoms with van der Waals surface area (Å²) in [5.74, 6) is -0.368. The molecule has 21 heavy (non-hydrogen) atoms. The molecule has 0 saturated heterocycles. The Hall–Kier alpha value is -3.01. The SMILES string of the molecule is OC(=Cc1ccc2ccccc2n1)c1ccc(O)cc1O. The maximum Gasteiger partial charge on any atom is 0.130 e. The van der Waals surface area contributed by atoms with Gasteiger partial charge in [-0.3, -0.25) is 0 Å². The number of aliphatic hydroxyl groups excluding tert-OH is 1. The van der Waals surface area contributed by atoms with Gasteiger partial charge in [0.05, 0.1) is 16.8 Å². The molecule has 0 amide bonds. The van der Waals surface area contributed by atoms with Crippen molar-refractivity contribution >= 4 is 22.7 Å². The molecule has 0 atom stereocenters. The summed E-state index contributed by atoms with van der Waals surface area (Å²) in [6, 6.07) is 15.4. The molecule has 0 saturated carbocycles. The molecule has 2 aromatic carbocycles. The zero-order valence-electron chi connectivity index (χ0n) is 11.1. The van der Waals surface area contributed by atoms with Gasteiger partial charge in [-0.15, -0.1) is 0 Å². The van der Waals surface area contributed by atoms with E-state index < -0.39 is 0 Å². The zero-order chi connectivity index (χ0) is 14.8. The van der Waals surface area contributed by atoms with Gasteiger partial charge in [-0.2, -0.15) is 0 Å². The number of phenolic OH excluding ortho intramolecular Hbond substituents is 2. The highest BCUT2D eigenvalue weighted by Gasteiger charge is 2.07. The van der Waals surface area contributed by atoms with Crippen molar-refractivity contribution in [3.63, 3.8) is 0 Å². The summed E-state index contributed by atoms with van der Waals surface area (Å²) in [5, 5.41) is 30.1. The number of pyridine rings is 1. The lowest BCUT2D eigenvalue weighted by Gasteiger charge is -2.05. The van der Waals surface area contributed by atoms with E-state index in [4.69, 9.17) is 0 Å². The van der Waals surface area contributed by atoms with Gasteiger partial charge in [0.15, 0.2) is 0 Å². The Morgan fingerprint density at radius 3 is 2.57 bits per heavy atom. The second kappa shape index (κ2) is 5.17. The van der Waals surface area contributed by atoms with E-state index in [1.807, 2.05) is 30.3 Å². The van der Waals surface area contributed by atoms with Crippen LogP contribution in [0.3, 0.4) is 0 Å². The molecule has 0 fully saturated rings. The van der Waals surface area contributed by atoms with E-state index in [9.17, 15) is 15.3 Å². The van der Waals surface area contributed by atoms with Crippen LogP contribution >= 0.6 is 0 Å². The van der Waals surface area contributed by atoms with Crippen LogP contribution < -0.4 is 0 Å². The molecule has 0 bridgehead atoms. The van der Waals surface area contributed by atoms with Gasteiger partial charge in [-0.25, -0.2) is 4.98 Å². The summed E-state index contributed by atoms with van der Waals surface area (Å²) < 4.78 is 0. The van der Waals surface area contributed by atoms with E-state index in [0.717, 1.165) is 10.9 Å². The number of phenols is 2. The van der Waals surface area contributed by atoms with E-state index >= 15 is 0 Å². The lowest BCUT2D eigenvalue weighted by atomic mass is 10.1. The maximum absolute atomic E-state index is 10.1. The molecule has 0 aliphatic heterocycles. The van der Waals surface area contributed by atoms with Crippen LogP contribution in [0.1, 0.15) is 11.3 Å². The normalized spacial score (nSPS) is 11.7. The number of para-hydroxylation sites is 1. The first-order valence-electron chi connectivity index (χ1n) is 6.42. The average molecular weight is 279 g/mol. The largest absolute Gasteiger partial charge is 0.508 e. The number of benzene rings is 2. The highest BCUT2D eigenvalue weighted by Crippen LogP contribution is 2.28. The van der Waals surface area contributed by atoms with Crippen LogP contribution in [0.4, 0.5) is 0 Å². The molecule has 1 aromatic heterocycles. The van der Waals surface area contributed by atoms with Crippen molar-refractivity contribution in [1.82, 2.24) is 4.98 Å². The Morgan fingerprint density at radius 2 is 1.76 bits per heavy atom. The molecule has 0 radical (unpaired) electrons. The number of fused-ring (bicyclic) bond motifs is 1. The van der Waals surface area contributed by atoms with Gasteiger partial charge >= 0.3 is 0 Å². The summed E-state index contributed by atoms with van der Waals surface area (Å²) in [6.07, 6.45) is 1.47. The predicted octanol–water partition coefficient (Wildman–Crippen LogP) is 3.70. The van der Waals surface area contributed by atoms with Crippen LogP contribution in [0, 0.1) is 0 Å². The Bertz CT molecular complexity index is 840. The molecule has 0 spiro atoms. The number of hydrogen-bond donors (Lipinski definition) is 3. The number of aromatic hydroxyl groups is 2. The van der Waals surface area contributed by atoms with Gasteiger partial charge in [-0.05, 0) is 24.3 Å². The Morgan fingerprint density at radius 1 is 0.952 bits per heavy atom. The van der Waals surface area contributed by atoms with Crippen molar-refractivity contribution in [3.8, 4) is 11.5 Å². The summed E-state index contributed by atoms with van der Waals surface area (Å²) in [4.78, 5) is 4.42. The van der Waals surface area contributed by atoms with E-state index in [0.29, 0.717) is 5.69 Å². The molecular formula is C17H13NO3. The topological polar surface area (TPSA) is 73.6 Å². The van der Waals surface area contributed by atoms with Crippen LogP contribution in [-0.2, 0) is 0 Å². The first-order valence-corrected chi connectivity index (χ1v) is 6.42. The van der Waals surface area contributed by atoms with Crippen molar-refractivity contribution in [1.29, 1.82) is 0 Å². The smallest absolute Gasteiger partial charge is 0.130 e. The monoisotopic (exact) mass is 279 g/mol. The summed E-state index contributed by atoms with van der Waals surface area (Å²) in [5.41, 5.74) is 1.65. The average Bonchev–Trinajstić information content (AvgIpc) is 2.47. The highest BCUT2D eigenvalue weighted by atomic mass is 16.3. The van der Waals surface area contributed by atoms with Crippen molar-refractivity contribution in [2.24, 2.45) is 0 Å². The lowest BCUT2D eigenvalue weighted by Crippen LogP contribution is -1.87. The molecule has 0 aliphatic rings. The number of nitrogens with zero attached hydrogens (tertiary/aromatic N) is 1. The third-order valence-corrected chi connectivity index (χ3v) is 3.16. The third-order valence-electron chi connectivity index (χ3n) is 3.16. The van der Waals surface area contributed by atoms with E-state index in [-0.39, 0.29) is 22.8 Å². The molecule has 0 unspecified atom stereocenters. The van der Waals surface area contributed by atoms with Crippen LogP contribution in [0.15, 0.2) is 54.6 Å². The minimum Gasteiger partial charge on any atom is -0.508 e. The second-order valence-corrected chi connectivity index (χ2v) is 4.66. The number of hydrogen-bond acceptors (Lipinski definition) is 4. The Labute approximate surface area is 121 Å². The van der Waals surface area contributed by atoms with Crippen LogP contribution in [0.2, 0.25) is 0 Å². The molecular weight excluding hydrogens is 266 g/mol. The number of aliphatic hydroxyl groups is 1. The zero-order valence-corrected chi connectivity index (χ0v) is 11.1. The number of aromatic nitrogens is 1. The van der Waals surface area contributed by atoms with Gasteiger partial charge in [0.2, 0.25) is 0 Å². The van der Waals surface area contributed by atoms with E-state index in [2.05, 4.69) is 4.98 Å². The summed E-state index contributed by atoms with van der Waals surface area (Å²) in [6.45, 7) is 0. The molecule has 3 N–H and O–H groups in total. The molecule has 4 nitrogen and oxygen atoms in total. The maximum atomic E-state index is 10.1. The van der Waals surface area contributed by atoms with E-state index in [1.165, 1.54) is 24.3 Å². The Kier molecular flexibility index (Phi) is 3.20. The van der Waals surface area contributed by atoms with Gasteiger partial charge in [0, 0.05) is 17.5 Å². The van der Waals surface area contributed by atoms with Gasteiger partial charge in [0.1, 0.15) is 17.3 Å². The Balaban J connectivity index is 2.02. The van der Waals surface area contributed by atoms with Crippen molar-refractivity contribution in [2.75, 3.05) is 0 Å². The highest BCUT2D eigenvalue weighted by molar-refractivity contribution is 5.83.